The second-order valence-electron chi connectivity index (χ2n) is 5.60. The van der Waals surface area contributed by atoms with Gasteiger partial charge in [-0.25, -0.2) is 9.37 Å². The van der Waals surface area contributed by atoms with Crippen LogP contribution in [-0.4, -0.2) is 19.6 Å². The van der Waals surface area contributed by atoms with Crippen molar-refractivity contribution in [2.24, 2.45) is 0 Å². The van der Waals surface area contributed by atoms with Gasteiger partial charge in [0.2, 0.25) is 0 Å². The number of anilines is 2. The Balaban J connectivity index is 1.90. The maximum atomic E-state index is 13.4. The van der Waals surface area contributed by atoms with Gasteiger partial charge in [-0.05, 0) is 50.8 Å². The molecule has 5 nitrogen and oxygen atoms in total. The van der Waals surface area contributed by atoms with E-state index in [9.17, 15) is 4.39 Å². The first-order valence-electron chi connectivity index (χ1n) is 7.48. The maximum absolute atomic E-state index is 13.4. The lowest BCUT2D eigenvalue weighted by Crippen LogP contribution is -2.13. The molecule has 112 valence electrons. The summed E-state index contributed by atoms with van der Waals surface area (Å²) in [5, 5.41) is 7.74. The van der Waals surface area contributed by atoms with Gasteiger partial charge in [-0.3, -0.25) is 0 Å². The molecule has 0 spiro atoms. The fourth-order valence-electron chi connectivity index (χ4n) is 2.97. The molecule has 0 radical (unpaired) electrons. The number of hydrogen-bond donors (Lipinski definition) is 1. The van der Waals surface area contributed by atoms with Gasteiger partial charge in [0.15, 0.2) is 0 Å². The Bertz CT molecular complexity index is 855. The minimum absolute atomic E-state index is 0.265. The van der Waals surface area contributed by atoms with E-state index in [1.165, 1.54) is 12.1 Å². The molecular weight excluding hydrogens is 281 g/mol. The van der Waals surface area contributed by atoms with E-state index in [2.05, 4.69) is 20.4 Å². The van der Waals surface area contributed by atoms with Crippen LogP contribution in [0.1, 0.15) is 29.9 Å². The number of aryl methyl sites for hydroxylation is 2. The molecule has 4 rings (SSSR count). The van der Waals surface area contributed by atoms with Crippen LogP contribution in [0.3, 0.4) is 0 Å². The first-order chi connectivity index (χ1) is 10.7. The van der Waals surface area contributed by atoms with E-state index in [0.29, 0.717) is 17.3 Å². The topological polar surface area (TPSA) is 55.1 Å². The van der Waals surface area contributed by atoms with Gasteiger partial charge in [-0.15, -0.1) is 5.10 Å². The largest absolute Gasteiger partial charge is 0.340 e. The zero-order valence-electron chi connectivity index (χ0n) is 12.3. The van der Waals surface area contributed by atoms with Crippen LogP contribution in [-0.2, 0) is 12.8 Å². The lowest BCUT2D eigenvalue weighted by atomic mass is 9.96. The van der Waals surface area contributed by atoms with E-state index in [1.54, 1.807) is 10.6 Å². The van der Waals surface area contributed by atoms with Crippen molar-refractivity contribution in [1.82, 2.24) is 19.6 Å². The molecule has 0 unspecified atom stereocenters. The van der Waals surface area contributed by atoms with E-state index < -0.39 is 0 Å². The summed E-state index contributed by atoms with van der Waals surface area (Å²) in [4.78, 5) is 9.00. The van der Waals surface area contributed by atoms with Crippen LogP contribution in [0, 0.1) is 12.7 Å². The highest BCUT2D eigenvalue weighted by Gasteiger charge is 2.20. The zero-order chi connectivity index (χ0) is 15.1. The molecule has 0 saturated carbocycles. The molecular formula is C16H16FN5. The van der Waals surface area contributed by atoms with Crippen molar-refractivity contribution in [3.63, 3.8) is 0 Å². The van der Waals surface area contributed by atoms with Gasteiger partial charge in [-0.2, -0.15) is 9.50 Å². The Morgan fingerprint density at radius 1 is 1.18 bits per heavy atom. The van der Waals surface area contributed by atoms with Gasteiger partial charge in [0.25, 0.3) is 5.78 Å². The molecule has 0 amide bonds. The molecule has 0 aliphatic heterocycles. The number of benzene rings is 1. The number of nitrogens with zero attached hydrogens (tertiary/aromatic N) is 4. The summed E-state index contributed by atoms with van der Waals surface area (Å²) < 4.78 is 15.2. The molecule has 6 heteroatoms. The third-order valence-corrected chi connectivity index (χ3v) is 3.95. The van der Waals surface area contributed by atoms with Crippen molar-refractivity contribution >= 4 is 17.3 Å². The summed E-state index contributed by atoms with van der Waals surface area (Å²) in [7, 11) is 0. The molecule has 0 saturated heterocycles. The highest BCUT2D eigenvalue weighted by molar-refractivity contribution is 5.63. The van der Waals surface area contributed by atoms with E-state index >= 15 is 0 Å². The predicted octanol–water partition coefficient (Wildman–Crippen LogP) is 3.19. The zero-order valence-corrected chi connectivity index (χ0v) is 12.3. The molecule has 1 N–H and O–H groups in total. The van der Waals surface area contributed by atoms with Crippen LogP contribution in [0.5, 0.6) is 0 Å². The summed E-state index contributed by atoms with van der Waals surface area (Å²) in [5.74, 6) is 1.86. The van der Waals surface area contributed by atoms with Crippen molar-refractivity contribution < 1.29 is 4.39 Å². The Morgan fingerprint density at radius 2 is 2.05 bits per heavy atom. The summed E-state index contributed by atoms with van der Waals surface area (Å²) >= 11 is 0. The van der Waals surface area contributed by atoms with Crippen molar-refractivity contribution in [2.75, 3.05) is 5.32 Å². The number of nitrogens with one attached hydrogen (secondary N) is 1. The molecule has 1 aromatic carbocycles. The minimum Gasteiger partial charge on any atom is -0.340 e. The first kappa shape index (κ1) is 13.2. The molecule has 3 aromatic rings. The number of halogens is 1. The highest BCUT2D eigenvalue weighted by atomic mass is 19.1. The van der Waals surface area contributed by atoms with Gasteiger partial charge in [0, 0.05) is 11.3 Å². The summed E-state index contributed by atoms with van der Waals surface area (Å²) in [6.45, 7) is 1.85. The summed E-state index contributed by atoms with van der Waals surface area (Å²) in [6.07, 6.45) is 4.18. The van der Waals surface area contributed by atoms with Gasteiger partial charge < -0.3 is 5.32 Å². The molecule has 22 heavy (non-hydrogen) atoms. The van der Waals surface area contributed by atoms with Crippen LogP contribution in [0.15, 0.2) is 24.3 Å². The van der Waals surface area contributed by atoms with Gasteiger partial charge in [0.05, 0.1) is 5.69 Å². The van der Waals surface area contributed by atoms with Crippen LogP contribution >= 0.6 is 0 Å². The molecule has 1 aliphatic rings. The minimum atomic E-state index is -0.265. The van der Waals surface area contributed by atoms with E-state index in [4.69, 9.17) is 0 Å². The van der Waals surface area contributed by atoms with Crippen LogP contribution in [0.4, 0.5) is 15.9 Å². The third-order valence-electron chi connectivity index (χ3n) is 3.95. The number of aromatic nitrogens is 4. The Kier molecular flexibility index (Phi) is 3.03. The average molecular weight is 297 g/mol. The Morgan fingerprint density at radius 3 is 2.91 bits per heavy atom. The molecule has 2 aromatic heterocycles. The van der Waals surface area contributed by atoms with Crippen molar-refractivity contribution in [3.8, 4) is 0 Å². The van der Waals surface area contributed by atoms with Crippen molar-refractivity contribution in [2.45, 2.75) is 32.6 Å². The monoisotopic (exact) mass is 297 g/mol. The normalized spacial score (nSPS) is 14.1. The smallest absolute Gasteiger partial charge is 0.254 e. The quantitative estimate of drug-likeness (QED) is 0.789. The second-order valence-corrected chi connectivity index (χ2v) is 5.60. The van der Waals surface area contributed by atoms with Gasteiger partial charge in [0.1, 0.15) is 17.5 Å². The molecule has 0 bridgehead atoms. The van der Waals surface area contributed by atoms with Gasteiger partial charge in [-0.1, -0.05) is 6.07 Å². The first-order valence-corrected chi connectivity index (χ1v) is 7.48. The molecule has 1 aliphatic carbocycles. The van der Waals surface area contributed by atoms with E-state index in [-0.39, 0.29) is 5.82 Å². The SMILES string of the molecule is Cc1nc2nc3c(c(Nc4cccc(F)c4)n2n1)CCCC3. The third kappa shape index (κ3) is 2.20. The van der Waals surface area contributed by atoms with Crippen LogP contribution in [0.25, 0.3) is 5.78 Å². The Labute approximate surface area is 127 Å². The Hall–Kier alpha value is -2.50. The number of fused-ring (bicyclic) bond motifs is 2. The van der Waals surface area contributed by atoms with E-state index in [0.717, 1.165) is 42.8 Å². The average Bonchev–Trinajstić information content (AvgIpc) is 2.87. The molecule has 0 atom stereocenters. The van der Waals surface area contributed by atoms with Crippen LogP contribution in [0.2, 0.25) is 0 Å². The fourth-order valence-corrected chi connectivity index (χ4v) is 2.97. The second kappa shape index (κ2) is 5.05. The summed E-state index contributed by atoms with van der Waals surface area (Å²) in [5.41, 5.74) is 2.94. The van der Waals surface area contributed by atoms with Crippen molar-refractivity contribution in [1.29, 1.82) is 0 Å². The van der Waals surface area contributed by atoms with E-state index in [1.807, 2.05) is 13.0 Å². The van der Waals surface area contributed by atoms with Crippen molar-refractivity contribution in [3.05, 3.63) is 47.2 Å². The lowest BCUT2D eigenvalue weighted by molar-refractivity contribution is 0.628. The molecule has 0 fully saturated rings. The predicted molar refractivity (Wildman–Crippen MR) is 81.8 cm³/mol. The van der Waals surface area contributed by atoms with Gasteiger partial charge >= 0.3 is 0 Å². The summed E-state index contributed by atoms with van der Waals surface area (Å²) in [6, 6.07) is 6.44. The lowest BCUT2D eigenvalue weighted by Gasteiger charge is -2.19. The molecule has 2 heterocycles. The van der Waals surface area contributed by atoms with Crippen LogP contribution < -0.4 is 5.32 Å². The maximum Gasteiger partial charge on any atom is 0.254 e. The standard InChI is InChI=1S/C16H16FN5/c1-10-18-16-20-14-8-3-2-7-13(14)15(22(16)21-10)19-12-6-4-5-11(17)9-12/h4-6,9,19H,2-3,7-8H2,1H3. The fraction of sp³-hybridized carbons (Fsp3) is 0.312. The highest BCUT2D eigenvalue weighted by Crippen LogP contribution is 2.29. The number of hydrogen-bond acceptors (Lipinski definition) is 4. The number of rotatable bonds is 2.